The molecule has 0 aliphatic carbocycles. The highest BCUT2D eigenvalue weighted by atomic mass is 32.2. The van der Waals surface area contributed by atoms with Gasteiger partial charge in [-0.2, -0.15) is 0 Å². The van der Waals surface area contributed by atoms with Gasteiger partial charge in [-0.05, 0) is 10.4 Å². The smallest absolute Gasteiger partial charge is 0.236 e. The highest BCUT2D eigenvalue weighted by molar-refractivity contribution is 7.99. The Morgan fingerprint density at radius 1 is 1.61 bits per heavy atom. The van der Waals surface area contributed by atoms with Gasteiger partial charge in [0.05, 0.1) is 12.3 Å². The molecule has 2 aromatic heterocycles. The third-order valence-electron chi connectivity index (χ3n) is 1.85. The zero-order valence-electron chi connectivity index (χ0n) is 9.31. The Hall–Kier alpha value is -1.52. The lowest BCUT2D eigenvalue weighted by molar-refractivity contribution is -0.113. The molecule has 0 spiro atoms. The molecule has 2 heterocycles. The molecule has 96 valence electrons. The number of anilines is 1. The minimum Gasteiger partial charge on any atom is -0.329 e. The topological polar surface area (TPSA) is 112 Å². The molecule has 0 fully saturated rings. The number of rotatable bonds is 6. The molecular formula is C8H11N7OS2. The van der Waals surface area contributed by atoms with Crippen LogP contribution in [0.25, 0.3) is 0 Å². The average Bonchev–Trinajstić information content (AvgIpc) is 2.99. The standard InChI is InChI=1S/C8H11N7OS2/c9-1-3-15-8(12-13-14-15)18-5-6(16)11-7-10-2-4-17-7/h2,4H,1,3,5,9H2,(H,10,11,16). The Kier molecular flexibility index (Phi) is 4.61. The molecular weight excluding hydrogens is 274 g/mol. The first kappa shape index (κ1) is 12.9. The normalized spacial score (nSPS) is 10.5. The van der Waals surface area contributed by atoms with Crippen LogP contribution in [0.4, 0.5) is 5.13 Å². The molecule has 0 atom stereocenters. The van der Waals surface area contributed by atoms with E-state index in [0.29, 0.717) is 23.4 Å². The van der Waals surface area contributed by atoms with E-state index in [2.05, 4.69) is 25.8 Å². The highest BCUT2D eigenvalue weighted by Crippen LogP contribution is 2.15. The third kappa shape index (κ3) is 3.48. The van der Waals surface area contributed by atoms with Crippen LogP contribution in [-0.4, -0.2) is 43.4 Å². The fourth-order valence-corrected chi connectivity index (χ4v) is 2.38. The number of hydrogen-bond donors (Lipinski definition) is 2. The predicted molar refractivity (Wildman–Crippen MR) is 68.3 cm³/mol. The van der Waals surface area contributed by atoms with E-state index < -0.39 is 0 Å². The molecule has 8 nitrogen and oxygen atoms in total. The Labute approximate surface area is 111 Å². The van der Waals surface area contributed by atoms with Crippen LogP contribution in [0.2, 0.25) is 0 Å². The summed E-state index contributed by atoms with van der Waals surface area (Å²) in [5, 5.41) is 16.8. The quantitative estimate of drug-likeness (QED) is 0.708. The summed E-state index contributed by atoms with van der Waals surface area (Å²) in [6.45, 7) is 0.980. The van der Waals surface area contributed by atoms with E-state index in [1.54, 1.807) is 16.3 Å². The minimum atomic E-state index is -0.141. The summed E-state index contributed by atoms with van der Waals surface area (Å²) in [5.41, 5.74) is 5.42. The zero-order chi connectivity index (χ0) is 12.8. The Balaban J connectivity index is 1.83. The maximum Gasteiger partial charge on any atom is 0.236 e. The first-order chi connectivity index (χ1) is 8.79. The van der Waals surface area contributed by atoms with E-state index in [1.807, 2.05) is 0 Å². The maximum absolute atomic E-state index is 11.6. The number of nitrogens with two attached hydrogens (primary N) is 1. The van der Waals surface area contributed by atoms with Crippen molar-refractivity contribution in [1.82, 2.24) is 25.2 Å². The number of nitrogens with one attached hydrogen (secondary N) is 1. The summed E-state index contributed by atoms with van der Waals surface area (Å²) in [6, 6.07) is 0. The molecule has 10 heteroatoms. The van der Waals surface area contributed by atoms with Gasteiger partial charge in [0.1, 0.15) is 0 Å². The molecule has 0 saturated heterocycles. The van der Waals surface area contributed by atoms with Crippen LogP contribution in [0.3, 0.4) is 0 Å². The van der Waals surface area contributed by atoms with Crippen LogP contribution in [-0.2, 0) is 11.3 Å². The minimum absolute atomic E-state index is 0.141. The number of aromatic nitrogens is 5. The average molecular weight is 285 g/mol. The SMILES string of the molecule is NCCn1nnnc1SCC(=O)Nc1nccs1. The number of amides is 1. The van der Waals surface area contributed by atoms with Crippen molar-refractivity contribution < 1.29 is 4.79 Å². The van der Waals surface area contributed by atoms with Gasteiger partial charge in [0, 0.05) is 18.1 Å². The lowest BCUT2D eigenvalue weighted by Crippen LogP contribution is -2.16. The number of tetrazole rings is 1. The van der Waals surface area contributed by atoms with E-state index in [4.69, 9.17) is 5.73 Å². The monoisotopic (exact) mass is 285 g/mol. The molecule has 0 aromatic carbocycles. The largest absolute Gasteiger partial charge is 0.329 e. The van der Waals surface area contributed by atoms with Crippen LogP contribution in [0, 0.1) is 0 Å². The van der Waals surface area contributed by atoms with Crippen molar-refractivity contribution in [2.45, 2.75) is 11.7 Å². The van der Waals surface area contributed by atoms with Gasteiger partial charge in [0.15, 0.2) is 5.13 Å². The molecule has 0 unspecified atom stereocenters. The zero-order valence-corrected chi connectivity index (χ0v) is 10.9. The molecule has 0 aliphatic heterocycles. The van der Waals surface area contributed by atoms with Crippen molar-refractivity contribution >= 4 is 34.1 Å². The van der Waals surface area contributed by atoms with Crippen molar-refractivity contribution in [3.8, 4) is 0 Å². The molecule has 0 radical (unpaired) electrons. The van der Waals surface area contributed by atoms with Crippen molar-refractivity contribution in [3.63, 3.8) is 0 Å². The Morgan fingerprint density at radius 3 is 3.22 bits per heavy atom. The molecule has 18 heavy (non-hydrogen) atoms. The van der Waals surface area contributed by atoms with Crippen LogP contribution < -0.4 is 11.1 Å². The first-order valence-corrected chi connectivity index (χ1v) is 6.94. The van der Waals surface area contributed by atoms with Gasteiger partial charge in [-0.15, -0.1) is 16.4 Å². The van der Waals surface area contributed by atoms with Crippen LogP contribution in [0.15, 0.2) is 16.7 Å². The molecule has 0 aliphatic rings. The van der Waals surface area contributed by atoms with Crippen molar-refractivity contribution in [2.75, 3.05) is 17.6 Å². The van der Waals surface area contributed by atoms with Gasteiger partial charge in [-0.1, -0.05) is 11.8 Å². The molecule has 1 amide bonds. The van der Waals surface area contributed by atoms with Crippen LogP contribution in [0.1, 0.15) is 0 Å². The van der Waals surface area contributed by atoms with E-state index in [1.165, 1.54) is 23.1 Å². The van der Waals surface area contributed by atoms with Crippen molar-refractivity contribution in [1.29, 1.82) is 0 Å². The van der Waals surface area contributed by atoms with Gasteiger partial charge in [-0.25, -0.2) is 9.67 Å². The van der Waals surface area contributed by atoms with Crippen LogP contribution >= 0.6 is 23.1 Å². The van der Waals surface area contributed by atoms with E-state index in [-0.39, 0.29) is 11.7 Å². The number of carbonyl (C=O) groups excluding carboxylic acids is 1. The lowest BCUT2D eigenvalue weighted by Gasteiger charge is -2.02. The number of thiazole rings is 1. The molecule has 0 saturated carbocycles. The van der Waals surface area contributed by atoms with Gasteiger partial charge in [-0.3, -0.25) is 4.79 Å². The predicted octanol–water partition coefficient (Wildman–Crippen LogP) is -0.181. The number of nitrogens with zero attached hydrogens (tertiary/aromatic N) is 5. The summed E-state index contributed by atoms with van der Waals surface area (Å²) in [5.74, 6) is 0.0853. The first-order valence-electron chi connectivity index (χ1n) is 5.08. The second kappa shape index (κ2) is 6.42. The molecule has 0 bridgehead atoms. The van der Waals surface area contributed by atoms with Crippen molar-refractivity contribution in [3.05, 3.63) is 11.6 Å². The fraction of sp³-hybridized carbons (Fsp3) is 0.375. The summed E-state index contributed by atoms with van der Waals surface area (Å²) in [4.78, 5) is 15.6. The number of carbonyl (C=O) groups is 1. The van der Waals surface area contributed by atoms with Crippen molar-refractivity contribution in [2.24, 2.45) is 5.73 Å². The van der Waals surface area contributed by atoms with Gasteiger partial charge >= 0.3 is 0 Å². The summed E-state index contributed by atoms with van der Waals surface area (Å²) >= 11 is 2.63. The fourth-order valence-electron chi connectivity index (χ4n) is 1.13. The van der Waals surface area contributed by atoms with Gasteiger partial charge in [0.2, 0.25) is 11.1 Å². The number of thioether (sulfide) groups is 1. The van der Waals surface area contributed by atoms with Crippen LogP contribution in [0.5, 0.6) is 0 Å². The molecule has 2 aromatic rings. The third-order valence-corrected chi connectivity index (χ3v) is 3.50. The van der Waals surface area contributed by atoms with Gasteiger partial charge in [0.25, 0.3) is 0 Å². The molecule has 3 N–H and O–H groups in total. The summed E-state index contributed by atoms with van der Waals surface area (Å²) in [6.07, 6.45) is 1.63. The second-order valence-corrected chi connectivity index (χ2v) is 4.98. The van der Waals surface area contributed by atoms with E-state index in [9.17, 15) is 4.79 Å². The van der Waals surface area contributed by atoms with Gasteiger partial charge < -0.3 is 11.1 Å². The summed E-state index contributed by atoms with van der Waals surface area (Å²) < 4.78 is 1.57. The molecule has 2 rings (SSSR count). The Morgan fingerprint density at radius 2 is 2.50 bits per heavy atom. The number of hydrogen-bond acceptors (Lipinski definition) is 8. The lowest BCUT2D eigenvalue weighted by atomic mass is 10.7. The summed E-state index contributed by atoms with van der Waals surface area (Å²) in [7, 11) is 0. The Bertz CT molecular complexity index is 497. The second-order valence-electron chi connectivity index (χ2n) is 3.15. The maximum atomic E-state index is 11.6. The van der Waals surface area contributed by atoms with E-state index in [0.717, 1.165) is 0 Å². The van der Waals surface area contributed by atoms with E-state index >= 15 is 0 Å². The highest BCUT2D eigenvalue weighted by Gasteiger charge is 2.10.